The highest BCUT2D eigenvalue weighted by Gasteiger charge is 2.26. The molecule has 6 heteroatoms. The molecule has 2 heterocycles. The zero-order valence-corrected chi connectivity index (χ0v) is 19.1. The maximum Gasteiger partial charge on any atom is 0.138 e. The Labute approximate surface area is 187 Å². The summed E-state index contributed by atoms with van der Waals surface area (Å²) >= 11 is 8.19. The van der Waals surface area contributed by atoms with Gasteiger partial charge >= 0.3 is 0 Å². The Hall–Kier alpha value is -1.69. The van der Waals surface area contributed by atoms with Crippen LogP contribution in [0.3, 0.4) is 0 Å². The van der Waals surface area contributed by atoms with Gasteiger partial charge in [-0.15, -0.1) is 11.3 Å². The fourth-order valence-electron chi connectivity index (χ4n) is 5.07. The van der Waals surface area contributed by atoms with Crippen molar-refractivity contribution in [1.82, 2.24) is 14.9 Å². The summed E-state index contributed by atoms with van der Waals surface area (Å²) in [6.45, 7) is 1.06. The second kappa shape index (κ2) is 8.81. The lowest BCUT2D eigenvalue weighted by molar-refractivity contribution is 0.188. The smallest absolute Gasteiger partial charge is 0.138 e. The number of hydrogen-bond donors (Lipinski definition) is 1. The van der Waals surface area contributed by atoms with Crippen molar-refractivity contribution in [3.8, 4) is 0 Å². The zero-order valence-electron chi connectivity index (χ0n) is 17.5. The van der Waals surface area contributed by atoms with E-state index in [1.807, 2.05) is 23.5 Å². The predicted molar refractivity (Wildman–Crippen MR) is 127 cm³/mol. The van der Waals surface area contributed by atoms with Gasteiger partial charge in [-0.25, -0.2) is 9.97 Å². The van der Waals surface area contributed by atoms with Gasteiger partial charge in [-0.3, -0.25) is 0 Å². The van der Waals surface area contributed by atoms with E-state index in [1.165, 1.54) is 66.3 Å². The van der Waals surface area contributed by atoms with Crippen LogP contribution in [0, 0.1) is 0 Å². The molecule has 2 aromatic heterocycles. The van der Waals surface area contributed by atoms with Gasteiger partial charge in [0.05, 0.1) is 5.39 Å². The summed E-state index contributed by atoms with van der Waals surface area (Å²) in [7, 11) is 2.26. The quantitative estimate of drug-likeness (QED) is 0.531. The highest BCUT2D eigenvalue weighted by molar-refractivity contribution is 7.19. The Morgan fingerprint density at radius 2 is 1.97 bits per heavy atom. The second-order valence-electron chi connectivity index (χ2n) is 8.73. The van der Waals surface area contributed by atoms with E-state index in [1.54, 1.807) is 6.33 Å². The van der Waals surface area contributed by atoms with Crippen molar-refractivity contribution >= 4 is 39.0 Å². The maximum absolute atomic E-state index is 6.32. The van der Waals surface area contributed by atoms with E-state index in [2.05, 4.69) is 39.4 Å². The van der Waals surface area contributed by atoms with Crippen LogP contribution in [0.5, 0.6) is 0 Å². The molecular formula is C24H29ClN4S. The van der Waals surface area contributed by atoms with Gasteiger partial charge in [0.1, 0.15) is 17.0 Å². The monoisotopic (exact) mass is 440 g/mol. The van der Waals surface area contributed by atoms with Crippen LogP contribution in [0.2, 0.25) is 5.02 Å². The average molecular weight is 441 g/mol. The molecule has 0 atom stereocenters. The number of nitrogens with zero attached hydrogens (tertiary/aromatic N) is 3. The molecule has 0 amide bonds. The fraction of sp³-hybridized carbons (Fsp3) is 0.500. The summed E-state index contributed by atoms with van der Waals surface area (Å²) in [4.78, 5) is 14.4. The topological polar surface area (TPSA) is 41.0 Å². The van der Waals surface area contributed by atoms with Crippen molar-refractivity contribution < 1.29 is 0 Å². The minimum Gasteiger partial charge on any atom is -0.367 e. The molecule has 0 radical (unpaired) electrons. The van der Waals surface area contributed by atoms with Crippen LogP contribution in [0.1, 0.15) is 48.1 Å². The van der Waals surface area contributed by atoms with Gasteiger partial charge in [-0.05, 0) is 75.6 Å². The second-order valence-corrected chi connectivity index (χ2v) is 10.2. The molecule has 1 fully saturated rings. The third kappa shape index (κ3) is 4.08. The number of aryl methyl sites for hydroxylation is 2. The minimum absolute atomic E-state index is 0.508. The average Bonchev–Trinajstić information content (AvgIpc) is 3.35. The number of fused-ring (bicyclic) bond motifs is 3. The van der Waals surface area contributed by atoms with Gasteiger partial charge in [0.15, 0.2) is 0 Å². The van der Waals surface area contributed by atoms with Crippen molar-refractivity contribution in [2.45, 2.75) is 63.5 Å². The first-order valence-corrected chi connectivity index (χ1v) is 12.3. The largest absolute Gasteiger partial charge is 0.367 e. The molecule has 1 N–H and O–H groups in total. The SMILES string of the molecule is CN(CCc1ccccc1Cl)C1CCC(Nc2ncnc3sc4c(c23)CCC4)CC1. The number of halogens is 1. The molecule has 0 spiro atoms. The predicted octanol–water partition coefficient (Wildman–Crippen LogP) is 5.73. The highest BCUT2D eigenvalue weighted by atomic mass is 35.5. The number of thiophene rings is 1. The number of likely N-dealkylation sites (N-methyl/N-ethyl adjacent to an activating group) is 1. The van der Waals surface area contributed by atoms with E-state index in [4.69, 9.17) is 11.6 Å². The number of hydrogen-bond acceptors (Lipinski definition) is 5. The summed E-state index contributed by atoms with van der Waals surface area (Å²) in [5.41, 5.74) is 2.75. The lowest BCUT2D eigenvalue weighted by Crippen LogP contribution is -2.39. The highest BCUT2D eigenvalue weighted by Crippen LogP contribution is 2.39. The van der Waals surface area contributed by atoms with Crippen LogP contribution in [0.25, 0.3) is 10.2 Å². The number of benzene rings is 1. The molecule has 5 rings (SSSR count). The molecule has 1 aromatic carbocycles. The molecule has 2 aliphatic rings. The van der Waals surface area contributed by atoms with Crippen LogP contribution < -0.4 is 5.32 Å². The molecule has 0 saturated heterocycles. The molecule has 158 valence electrons. The Kier molecular flexibility index (Phi) is 5.94. The van der Waals surface area contributed by atoms with Crippen LogP contribution in [-0.2, 0) is 19.3 Å². The number of rotatable bonds is 6. The van der Waals surface area contributed by atoms with Gasteiger partial charge in [-0.1, -0.05) is 29.8 Å². The standard InChI is InChI=1S/C24H29ClN4S/c1-29(14-13-16-5-2-3-7-20(16)25)18-11-9-17(10-12-18)28-23-22-19-6-4-8-21(19)30-24(22)27-15-26-23/h2-3,5,7,15,17-18H,4,6,8-14H2,1H3,(H,26,27,28). The summed E-state index contributed by atoms with van der Waals surface area (Å²) in [5, 5.41) is 5.97. The van der Waals surface area contributed by atoms with Crippen LogP contribution in [-0.4, -0.2) is 40.5 Å². The van der Waals surface area contributed by atoms with Crippen LogP contribution >= 0.6 is 22.9 Å². The normalized spacial score (nSPS) is 21.3. The van der Waals surface area contributed by atoms with Crippen LogP contribution in [0.4, 0.5) is 5.82 Å². The van der Waals surface area contributed by atoms with Crippen molar-refractivity contribution in [1.29, 1.82) is 0 Å². The van der Waals surface area contributed by atoms with Gasteiger partial charge in [-0.2, -0.15) is 0 Å². The van der Waals surface area contributed by atoms with E-state index in [9.17, 15) is 0 Å². The molecule has 4 nitrogen and oxygen atoms in total. The van der Waals surface area contributed by atoms with E-state index in [0.29, 0.717) is 12.1 Å². The summed E-state index contributed by atoms with van der Waals surface area (Å²) < 4.78 is 0. The molecule has 3 aromatic rings. The van der Waals surface area contributed by atoms with E-state index < -0.39 is 0 Å². The Morgan fingerprint density at radius 3 is 2.80 bits per heavy atom. The Balaban J connectivity index is 1.18. The molecule has 0 bridgehead atoms. The van der Waals surface area contributed by atoms with Crippen molar-refractivity contribution in [2.75, 3.05) is 18.9 Å². The first-order chi connectivity index (χ1) is 14.7. The first kappa shape index (κ1) is 20.2. The third-order valence-electron chi connectivity index (χ3n) is 6.85. The fourth-order valence-corrected chi connectivity index (χ4v) is 6.53. The molecule has 0 aliphatic heterocycles. The molecule has 2 aliphatic carbocycles. The summed E-state index contributed by atoms with van der Waals surface area (Å²) in [6, 6.07) is 9.36. The van der Waals surface area contributed by atoms with Gasteiger partial charge < -0.3 is 10.2 Å². The molecular weight excluding hydrogens is 412 g/mol. The maximum atomic E-state index is 6.32. The minimum atomic E-state index is 0.508. The van der Waals surface area contributed by atoms with E-state index >= 15 is 0 Å². The van der Waals surface area contributed by atoms with E-state index in [0.717, 1.165) is 28.6 Å². The zero-order chi connectivity index (χ0) is 20.5. The molecule has 1 saturated carbocycles. The van der Waals surface area contributed by atoms with Crippen molar-refractivity contribution in [3.63, 3.8) is 0 Å². The Morgan fingerprint density at radius 1 is 1.13 bits per heavy atom. The van der Waals surface area contributed by atoms with Crippen molar-refractivity contribution in [2.24, 2.45) is 0 Å². The lowest BCUT2D eigenvalue weighted by atomic mass is 9.90. The van der Waals surface area contributed by atoms with Gasteiger partial charge in [0.25, 0.3) is 0 Å². The number of nitrogens with one attached hydrogen (secondary N) is 1. The third-order valence-corrected chi connectivity index (χ3v) is 8.42. The molecule has 30 heavy (non-hydrogen) atoms. The summed E-state index contributed by atoms with van der Waals surface area (Å²) in [6.07, 6.45) is 11.2. The lowest BCUT2D eigenvalue weighted by Gasteiger charge is -2.35. The first-order valence-electron chi connectivity index (χ1n) is 11.1. The van der Waals surface area contributed by atoms with Crippen LogP contribution in [0.15, 0.2) is 30.6 Å². The van der Waals surface area contributed by atoms with Gasteiger partial charge in [0.2, 0.25) is 0 Å². The number of anilines is 1. The van der Waals surface area contributed by atoms with Gasteiger partial charge in [0, 0.05) is 28.5 Å². The summed E-state index contributed by atoms with van der Waals surface area (Å²) in [5.74, 6) is 1.06. The molecule has 0 unspecified atom stereocenters. The Bertz CT molecular complexity index is 1030. The number of aromatic nitrogens is 2. The van der Waals surface area contributed by atoms with Crippen molar-refractivity contribution in [3.05, 3.63) is 51.6 Å². The van der Waals surface area contributed by atoms with E-state index in [-0.39, 0.29) is 0 Å².